The number of hydrogen-bond donors (Lipinski definition) is 9. The number of nitrogens with one attached hydrogen (secondary N) is 3. The summed E-state index contributed by atoms with van der Waals surface area (Å²) < 4.78 is 0. The highest BCUT2D eigenvalue weighted by Crippen LogP contribution is 2.34. The second-order valence-corrected chi connectivity index (χ2v) is 10.6. The van der Waals surface area contributed by atoms with Gasteiger partial charge in [0.1, 0.15) is 0 Å². The molecule has 0 aromatic heterocycles. The molecule has 3 aromatic rings. The van der Waals surface area contributed by atoms with Crippen LogP contribution in [0.2, 0.25) is 0 Å². The zero-order valence-electron chi connectivity index (χ0n) is 24.8. The first kappa shape index (κ1) is 34.8. The van der Waals surface area contributed by atoms with Crippen molar-refractivity contribution in [3.63, 3.8) is 0 Å². The van der Waals surface area contributed by atoms with Gasteiger partial charge < -0.3 is 50.4 Å². The van der Waals surface area contributed by atoms with Crippen molar-refractivity contribution in [1.29, 1.82) is 0 Å². The number of benzene rings is 3. The lowest BCUT2D eigenvalue weighted by Gasteiger charge is -2.21. The third-order valence-corrected chi connectivity index (χ3v) is 6.81. The number of anilines is 3. The quantitative estimate of drug-likeness (QED) is 0.0956. The van der Waals surface area contributed by atoms with Gasteiger partial charge in [0.25, 0.3) is 0 Å². The van der Waals surface area contributed by atoms with Gasteiger partial charge >= 0.3 is 0 Å². The van der Waals surface area contributed by atoms with Gasteiger partial charge in [-0.3, -0.25) is 28.8 Å². The maximum atomic E-state index is 12.4. The summed E-state index contributed by atoms with van der Waals surface area (Å²) in [7, 11) is 0. The van der Waals surface area contributed by atoms with Crippen molar-refractivity contribution in [2.75, 3.05) is 16.0 Å². The summed E-state index contributed by atoms with van der Waals surface area (Å²) in [5, 5.41) is 7.97. The molecule has 46 heavy (non-hydrogen) atoms. The molecular weight excluding hydrogens is 594 g/mol. The maximum Gasteiger partial charge on any atom is 0.241 e. The standard InChI is InChI=1S/C31H37N9O6/c32-22(13-25(35)41)29(44)38-19-7-1-16(2-8-19)28(17-3-9-20(10-4-17)39-30(45)23(33)14-26(36)42)18-5-11-21(12-6-18)40-31(46)24(34)15-27(37)43/h1-12,22-24,28H,13-15,32-34H2,(H2,35,41)(H2,36,42)(H2,37,43)(H,38,44)(H,39,45)(H,40,46)/t22-,23-,24-/m0/s1. The van der Waals surface area contributed by atoms with E-state index in [1.807, 2.05) is 0 Å². The molecule has 0 saturated heterocycles. The van der Waals surface area contributed by atoms with E-state index in [2.05, 4.69) is 16.0 Å². The minimum atomic E-state index is -1.10. The summed E-state index contributed by atoms with van der Waals surface area (Å²) in [5.41, 5.74) is 36.4. The fourth-order valence-electron chi connectivity index (χ4n) is 4.49. The zero-order chi connectivity index (χ0) is 34.0. The summed E-state index contributed by atoms with van der Waals surface area (Å²) in [6, 6.07) is 17.6. The van der Waals surface area contributed by atoms with Crippen LogP contribution in [0.1, 0.15) is 41.9 Å². The number of carbonyl (C=O) groups excluding carboxylic acids is 6. The van der Waals surface area contributed by atoms with E-state index in [0.29, 0.717) is 17.1 Å². The Kier molecular flexibility index (Phi) is 12.0. The predicted octanol–water partition coefficient (Wildman–Crippen LogP) is -0.710. The van der Waals surface area contributed by atoms with E-state index < -0.39 is 53.6 Å². The van der Waals surface area contributed by atoms with Crippen LogP contribution >= 0.6 is 0 Å². The third kappa shape index (κ3) is 10.2. The van der Waals surface area contributed by atoms with Gasteiger partial charge in [0.15, 0.2) is 0 Å². The molecule has 0 saturated carbocycles. The first-order valence-electron chi connectivity index (χ1n) is 14.1. The number of hydrogen-bond acceptors (Lipinski definition) is 9. The van der Waals surface area contributed by atoms with Crippen LogP contribution in [0.25, 0.3) is 0 Å². The summed E-state index contributed by atoms with van der Waals surface area (Å²) in [5.74, 6) is -4.14. The van der Waals surface area contributed by atoms with Crippen molar-refractivity contribution in [3.05, 3.63) is 89.5 Å². The molecule has 3 aromatic carbocycles. The molecule has 3 rings (SSSR count). The molecule has 0 spiro atoms. The van der Waals surface area contributed by atoms with Crippen molar-refractivity contribution in [2.24, 2.45) is 34.4 Å². The monoisotopic (exact) mass is 631 g/mol. The first-order valence-corrected chi connectivity index (χ1v) is 14.1. The van der Waals surface area contributed by atoms with Gasteiger partial charge in [-0.1, -0.05) is 36.4 Å². The van der Waals surface area contributed by atoms with Gasteiger partial charge in [-0.05, 0) is 53.1 Å². The Morgan fingerprint density at radius 2 is 0.652 bits per heavy atom. The molecule has 0 aliphatic rings. The van der Waals surface area contributed by atoms with Crippen LogP contribution in [-0.4, -0.2) is 53.6 Å². The number of primary amides is 3. The molecule has 0 aliphatic heterocycles. The normalized spacial score (nSPS) is 12.8. The number of rotatable bonds is 15. The maximum absolute atomic E-state index is 12.4. The van der Waals surface area contributed by atoms with Crippen molar-refractivity contribution in [2.45, 2.75) is 43.3 Å². The molecule has 0 radical (unpaired) electrons. The van der Waals surface area contributed by atoms with E-state index in [1.54, 1.807) is 72.8 Å². The van der Waals surface area contributed by atoms with Crippen LogP contribution in [0.3, 0.4) is 0 Å². The highest BCUT2D eigenvalue weighted by Gasteiger charge is 2.21. The average molecular weight is 632 g/mol. The second kappa shape index (κ2) is 15.9. The molecule has 0 heterocycles. The van der Waals surface area contributed by atoms with Crippen molar-refractivity contribution in [3.8, 4) is 0 Å². The summed E-state index contributed by atoms with van der Waals surface area (Å²) in [6.07, 6.45) is -0.896. The lowest BCUT2D eigenvalue weighted by Crippen LogP contribution is -2.39. The lowest BCUT2D eigenvalue weighted by atomic mass is 9.85. The summed E-state index contributed by atoms with van der Waals surface area (Å²) in [6.45, 7) is 0. The van der Waals surface area contributed by atoms with Crippen LogP contribution in [0, 0.1) is 0 Å². The molecular formula is C31H37N9O6. The molecule has 3 atom stereocenters. The average Bonchev–Trinajstić information content (AvgIpc) is 2.98. The molecule has 0 fully saturated rings. The Morgan fingerprint density at radius 1 is 0.435 bits per heavy atom. The van der Waals surface area contributed by atoms with Crippen LogP contribution in [0.4, 0.5) is 17.1 Å². The molecule has 242 valence electrons. The topological polar surface area (TPSA) is 295 Å². The van der Waals surface area contributed by atoms with Crippen LogP contribution in [0.15, 0.2) is 72.8 Å². The van der Waals surface area contributed by atoms with Gasteiger partial charge in [-0.15, -0.1) is 0 Å². The highest BCUT2D eigenvalue weighted by atomic mass is 16.2. The van der Waals surface area contributed by atoms with E-state index in [9.17, 15) is 28.8 Å². The molecule has 0 unspecified atom stereocenters. The van der Waals surface area contributed by atoms with Crippen molar-refractivity contribution < 1.29 is 28.8 Å². The van der Waals surface area contributed by atoms with Gasteiger partial charge in [0.2, 0.25) is 35.4 Å². The van der Waals surface area contributed by atoms with E-state index in [4.69, 9.17) is 34.4 Å². The Morgan fingerprint density at radius 3 is 0.848 bits per heavy atom. The summed E-state index contributed by atoms with van der Waals surface area (Å²) in [4.78, 5) is 70.4. The number of carbonyl (C=O) groups is 6. The van der Waals surface area contributed by atoms with E-state index in [-0.39, 0.29) is 25.2 Å². The Hall–Kier alpha value is -5.64. The highest BCUT2D eigenvalue weighted by molar-refractivity contribution is 5.98. The minimum absolute atomic E-state index is 0.299. The van der Waals surface area contributed by atoms with Crippen molar-refractivity contribution >= 4 is 52.5 Å². The fraction of sp³-hybridized carbons (Fsp3) is 0.226. The Labute approximate surface area is 264 Å². The smallest absolute Gasteiger partial charge is 0.241 e. The number of amides is 6. The Bertz CT molecular complexity index is 1390. The number of nitrogens with two attached hydrogens (primary N) is 6. The third-order valence-electron chi connectivity index (χ3n) is 6.81. The molecule has 0 aliphatic carbocycles. The van der Waals surface area contributed by atoms with Crippen molar-refractivity contribution in [1.82, 2.24) is 0 Å². The molecule has 15 nitrogen and oxygen atoms in total. The molecule has 15 heteroatoms. The molecule has 6 amide bonds. The molecule has 15 N–H and O–H groups in total. The Balaban J connectivity index is 1.88. The van der Waals surface area contributed by atoms with Crippen LogP contribution in [-0.2, 0) is 28.8 Å². The van der Waals surface area contributed by atoms with E-state index in [1.165, 1.54) is 0 Å². The summed E-state index contributed by atoms with van der Waals surface area (Å²) >= 11 is 0. The van der Waals surface area contributed by atoms with Gasteiger partial charge in [-0.25, -0.2) is 0 Å². The SMILES string of the molecule is NC(=O)C[C@H](N)C(=O)Nc1ccc(C(c2ccc(NC(=O)[C@@H](N)CC(N)=O)cc2)c2ccc(NC(=O)[C@@H](N)CC(N)=O)cc2)cc1. The van der Waals surface area contributed by atoms with Gasteiger partial charge in [0, 0.05) is 23.0 Å². The van der Waals surface area contributed by atoms with Crippen LogP contribution < -0.4 is 50.4 Å². The van der Waals surface area contributed by atoms with Crippen LogP contribution in [0.5, 0.6) is 0 Å². The minimum Gasteiger partial charge on any atom is -0.370 e. The first-order chi connectivity index (χ1) is 21.7. The molecule has 0 bridgehead atoms. The lowest BCUT2D eigenvalue weighted by molar-refractivity contribution is -0.123. The van der Waals surface area contributed by atoms with E-state index >= 15 is 0 Å². The predicted molar refractivity (Wildman–Crippen MR) is 172 cm³/mol. The largest absolute Gasteiger partial charge is 0.370 e. The zero-order valence-corrected chi connectivity index (χ0v) is 24.8. The van der Waals surface area contributed by atoms with E-state index in [0.717, 1.165) is 16.7 Å². The second-order valence-electron chi connectivity index (χ2n) is 10.6. The van der Waals surface area contributed by atoms with Gasteiger partial charge in [-0.2, -0.15) is 0 Å². The van der Waals surface area contributed by atoms with Gasteiger partial charge in [0.05, 0.1) is 37.4 Å². The fourth-order valence-corrected chi connectivity index (χ4v) is 4.49.